The number of nitrogens with zero attached hydrogens (tertiary/aromatic N) is 2. The SMILES string of the molecule is I.NC(=NCc1ccc(Cl)nc1)Nc1ccccc1. The molecule has 0 aliphatic heterocycles. The van der Waals surface area contributed by atoms with Crippen LogP contribution in [-0.4, -0.2) is 10.9 Å². The van der Waals surface area contributed by atoms with E-state index >= 15 is 0 Å². The second-order valence-electron chi connectivity index (χ2n) is 3.68. The summed E-state index contributed by atoms with van der Waals surface area (Å²) >= 11 is 5.70. The van der Waals surface area contributed by atoms with Crippen LogP contribution in [0.25, 0.3) is 0 Å². The molecular weight excluding hydrogens is 375 g/mol. The van der Waals surface area contributed by atoms with Crippen LogP contribution in [0.5, 0.6) is 0 Å². The topological polar surface area (TPSA) is 63.3 Å². The Labute approximate surface area is 134 Å². The van der Waals surface area contributed by atoms with E-state index in [9.17, 15) is 0 Å². The van der Waals surface area contributed by atoms with Gasteiger partial charge in [0.15, 0.2) is 5.96 Å². The van der Waals surface area contributed by atoms with Crippen molar-refractivity contribution < 1.29 is 0 Å². The summed E-state index contributed by atoms with van der Waals surface area (Å²) in [6.45, 7) is 0.468. The van der Waals surface area contributed by atoms with Gasteiger partial charge >= 0.3 is 0 Å². The molecule has 4 nitrogen and oxygen atoms in total. The molecular formula is C13H14ClIN4. The standard InChI is InChI=1S/C13H13ClN4.HI/c14-12-7-6-10(8-16-12)9-17-13(15)18-11-4-2-1-3-5-11;/h1-8H,9H2,(H3,15,17,18);1H. The van der Waals surface area contributed by atoms with Gasteiger partial charge in [-0.25, -0.2) is 9.98 Å². The van der Waals surface area contributed by atoms with Gasteiger partial charge in [0.25, 0.3) is 0 Å². The van der Waals surface area contributed by atoms with Crippen molar-refractivity contribution in [3.8, 4) is 0 Å². The molecule has 0 aliphatic rings. The molecule has 0 saturated carbocycles. The van der Waals surface area contributed by atoms with Crippen LogP contribution in [0.2, 0.25) is 5.15 Å². The minimum absolute atomic E-state index is 0. The molecule has 1 aromatic carbocycles. The highest BCUT2D eigenvalue weighted by Gasteiger charge is 1.95. The number of aliphatic imine (C=N–C) groups is 1. The monoisotopic (exact) mass is 388 g/mol. The predicted molar refractivity (Wildman–Crippen MR) is 90.1 cm³/mol. The number of guanidine groups is 1. The van der Waals surface area contributed by atoms with Gasteiger partial charge in [-0.05, 0) is 23.8 Å². The number of para-hydroxylation sites is 1. The van der Waals surface area contributed by atoms with Crippen molar-refractivity contribution in [1.82, 2.24) is 4.98 Å². The summed E-state index contributed by atoms with van der Waals surface area (Å²) in [4.78, 5) is 8.20. The molecule has 1 aromatic heterocycles. The first kappa shape index (κ1) is 15.7. The maximum atomic E-state index is 5.78. The molecule has 6 heteroatoms. The first-order valence-corrected chi connectivity index (χ1v) is 5.84. The molecule has 0 amide bonds. The highest BCUT2D eigenvalue weighted by Crippen LogP contribution is 2.07. The molecule has 3 N–H and O–H groups in total. The Morgan fingerprint density at radius 1 is 1.21 bits per heavy atom. The molecule has 100 valence electrons. The lowest BCUT2D eigenvalue weighted by Gasteiger charge is -2.04. The number of nitrogens with one attached hydrogen (secondary N) is 1. The normalized spacial score (nSPS) is 10.7. The lowest BCUT2D eigenvalue weighted by atomic mass is 10.3. The zero-order valence-electron chi connectivity index (χ0n) is 10.1. The Bertz CT molecular complexity index is 528. The Kier molecular flexibility index (Phi) is 6.58. The smallest absolute Gasteiger partial charge is 0.193 e. The fraction of sp³-hybridized carbons (Fsp3) is 0.0769. The molecule has 2 aromatic rings. The first-order valence-electron chi connectivity index (χ1n) is 5.46. The first-order chi connectivity index (χ1) is 8.74. The van der Waals surface area contributed by atoms with Crippen molar-refractivity contribution in [2.75, 3.05) is 5.32 Å². The summed E-state index contributed by atoms with van der Waals surface area (Å²) in [7, 11) is 0. The van der Waals surface area contributed by atoms with Gasteiger partial charge in [0.1, 0.15) is 5.15 Å². The van der Waals surface area contributed by atoms with Crippen LogP contribution in [0.1, 0.15) is 5.56 Å². The van der Waals surface area contributed by atoms with Crippen LogP contribution >= 0.6 is 35.6 Å². The Balaban J connectivity index is 0.00000180. The molecule has 0 saturated heterocycles. The Hall–Kier alpha value is -1.34. The maximum Gasteiger partial charge on any atom is 0.193 e. The molecule has 0 atom stereocenters. The van der Waals surface area contributed by atoms with E-state index < -0.39 is 0 Å². The zero-order valence-corrected chi connectivity index (χ0v) is 13.2. The third-order valence-corrected chi connectivity index (χ3v) is 2.49. The number of halogens is 2. The largest absolute Gasteiger partial charge is 0.370 e. The van der Waals surface area contributed by atoms with Crippen LogP contribution in [0.15, 0.2) is 53.7 Å². The molecule has 0 aliphatic carbocycles. The molecule has 1 heterocycles. The fourth-order valence-corrected chi connectivity index (χ4v) is 1.50. The van der Waals surface area contributed by atoms with E-state index in [1.165, 1.54) is 0 Å². The van der Waals surface area contributed by atoms with E-state index in [0.717, 1.165) is 11.3 Å². The average molecular weight is 389 g/mol. The second kappa shape index (κ2) is 7.96. The van der Waals surface area contributed by atoms with Crippen LogP contribution in [-0.2, 0) is 6.54 Å². The predicted octanol–water partition coefficient (Wildman–Crippen LogP) is 3.28. The summed E-state index contributed by atoms with van der Waals surface area (Å²) in [5, 5.41) is 3.48. The molecule has 0 radical (unpaired) electrons. The average Bonchev–Trinajstić information content (AvgIpc) is 2.39. The van der Waals surface area contributed by atoms with Gasteiger partial charge in [0.2, 0.25) is 0 Å². The van der Waals surface area contributed by atoms with Crippen molar-refractivity contribution >= 4 is 47.2 Å². The van der Waals surface area contributed by atoms with Crippen molar-refractivity contribution in [3.63, 3.8) is 0 Å². The highest BCUT2D eigenvalue weighted by atomic mass is 127. The van der Waals surface area contributed by atoms with Crippen molar-refractivity contribution in [3.05, 3.63) is 59.4 Å². The number of anilines is 1. The lowest BCUT2D eigenvalue weighted by molar-refractivity contribution is 1.04. The summed E-state index contributed by atoms with van der Waals surface area (Å²) in [5.74, 6) is 0.371. The molecule has 0 bridgehead atoms. The minimum Gasteiger partial charge on any atom is -0.370 e. The summed E-state index contributed by atoms with van der Waals surface area (Å²) in [6.07, 6.45) is 1.68. The number of aromatic nitrogens is 1. The quantitative estimate of drug-likeness (QED) is 0.367. The molecule has 2 rings (SSSR count). The van der Waals surface area contributed by atoms with Crippen molar-refractivity contribution in [1.29, 1.82) is 0 Å². The zero-order chi connectivity index (χ0) is 12.8. The van der Waals surface area contributed by atoms with Crippen molar-refractivity contribution in [2.24, 2.45) is 10.7 Å². The third-order valence-electron chi connectivity index (χ3n) is 2.27. The lowest BCUT2D eigenvalue weighted by Crippen LogP contribution is -2.22. The van der Waals surface area contributed by atoms with E-state index in [-0.39, 0.29) is 24.0 Å². The second-order valence-corrected chi connectivity index (χ2v) is 4.07. The van der Waals surface area contributed by atoms with E-state index in [4.69, 9.17) is 17.3 Å². The van der Waals surface area contributed by atoms with Crippen LogP contribution in [0.4, 0.5) is 5.69 Å². The maximum absolute atomic E-state index is 5.78. The fourth-order valence-electron chi connectivity index (χ4n) is 1.39. The number of hydrogen-bond acceptors (Lipinski definition) is 2. The van der Waals surface area contributed by atoms with E-state index in [1.54, 1.807) is 12.3 Å². The van der Waals surface area contributed by atoms with Gasteiger partial charge in [0.05, 0.1) is 6.54 Å². The van der Waals surface area contributed by atoms with E-state index in [0.29, 0.717) is 17.7 Å². The minimum atomic E-state index is 0. The number of benzene rings is 1. The summed E-state index contributed by atoms with van der Waals surface area (Å²) < 4.78 is 0. The van der Waals surface area contributed by atoms with Gasteiger partial charge in [-0.1, -0.05) is 35.9 Å². The van der Waals surface area contributed by atoms with Gasteiger partial charge in [-0.2, -0.15) is 0 Å². The van der Waals surface area contributed by atoms with Gasteiger partial charge in [-0.3, -0.25) is 0 Å². The van der Waals surface area contributed by atoms with Gasteiger partial charge in [-0.15, -0.1) is 24.0 Å². The van der Waals surface area contributed by atoms with E-state index in [1.807, 2.05) is 36.4 Å². The molecule has 0 spiro atoms. The molecule has 19 heavy (non-hydrogen) atoms. The molecule has 0 fully saturated rings. The van der Waals surface area contributed by atoms with Crippen LogP contribution in [0.3, 0.4) is 0 Å². The number of pyridine rings is 1. The number of hydrogen-bond donors (Lipinski definition) is 2. The van der Waals surface area contributed by atoms with Crippen molar-refractivity contribution in [2.45, 2.75) is 6.54 Å². The van der Waals surface area contributed by atoms with E-state index in [2.05, 4.69) is 15.3 Å². The van der Waals surface area contributed by atoms with Gasteiger partial charge < -0.3 is 11.1 Å². The van der Waals surface area contributed by atoms with Gasteiger partial charge in [0, 0.05) is 11.9 Å². The number of nitrogens with two attached hydrogens (primary N) is 1. The summed E-state index contributed by atoms with van der Waals surface area (Å²) in [5.41, 5.74) is 7.64. The van der Waals surface area contributed by atoms with Crippen LogP contribution < -0.4 is 11.1 Å². The van der Waals surface area contributed by atoms with Crippen LogP contribution in [0, 0.1) is 0 Å². The highest BCUT2D eigenvalue weighted by molar-refractivity contribution is 14.0. The number of rotatable bonds is 3. The molecule has 0 unspecified atom stereocenters. The Morgan fingerprint density at radius 2 is 1.95 bits per heavy atom. The summed E-state index contributed by atoms with van der Waals surface area (Å²) in [6, 6.07) is 13.2. The third kappa shape index (κ3) is 5.44. The Morgan fingerprint density at radius 3 is 2.58 bits per heavy atom.